The summed E-state index contributed by atoms with van der Waals surface area (Å²) >= 11 is 7.98. The molecule has 4 aliphatic rings. The molecule has 1 aliphatic carbocycles. The van der Waals surface area contributed by atoms with Crippen molar-refractivity contribution < 1.29 is 27.7 Å². The van der Waals surface area contributed by atoms with Crippen LogP contribution >= 0.6 is 23.4 Å². The Kier molecular flexibility index (Phi) is 18.2. The van der Waals surface area contributed by atoms with E-state index in [-0.39, 0.29) is 33.7 Å². The number of nitro benzene ring substituents is 1. The minimum Gasteiger partial charge on any atom is -0.444 e. The van der Waals surface area contributed by atoms with Crippen LogP contribution in [0.1, 0.15) is 80.6 Å². The van der Waals surface area contributed by atoms with Crippen LogP contribution in [0.4, 0.5) is 21.9 Å². The summed E-state index contributed by atoms with van der Waals surface area (Å²) in [5.41, 5.74) is 6.79. The molecule has 2 amide bonds. The lowest BCUT2D eigenvalue weighted by Gasteiger charge is -2.44. The molecule has 2 saturated heterocycles. The molecule has 0 bridgehead atoms. The predicted octanol–water partition coefficient (Wildman–Crippen LogP) is 10.1. The number of amides is 2. The molecule has 0 saturated carbocycles. The SMILES string of the molecule is CC1(CN2CCN(C(=O)OC(C)(C)C)CC2)CCC(c2ccc(Cl)cc2)=C(CN2CCN(c3ccc(C(=O)NS(=O)(=O)c4ccc(NC(CCN5CCc6cccnc6C5)CSc5ccccc5)c([N+](=O)[O-])c4)cc3)CC2)C1. The Morgan fingerprint density at radius 3 is 2.28 bits per heavy atom. The molecular weight excluding hydrogens is 1050 g/mol. The van der Waals surface area contributed by atoms with Crippen LogP contribution in [-0.2, 0) is 27.7 Å². The molecule has 3 aliphatic heterocycles. The van der Waals surface area contributed by atoms with Crippen molar-refractivity contribution in [2.24, 2.45) is 5.41 Å². The summed E-state index contributed by atoms with van der Waals surface area (Å²) in [6.07, 6.45) is 6.15. The maximum atomic E-state index is 13.7. The zero-order valence-electron chi connectivity index (χ0n) is 45.2. The van der Waals surface area contributed by atoms with Gasteiger partial charge in [-0.25, -0.2) is 17.9 Å². The smallest absolute Gasteiger partial charge is 0.410 e. The van der Waals surface area contributed by atoms with E-state index in [4.69, 9.17) is 16.3 Å². The number of pyridine rings is 1. The third-order valence-corrected chi connectivity index (χ3v) is 18.0. The fraction of sp³-hybridized carbons (Fsp3) is 0.441. The van der Waals surface area contributed by atoms with Gasteiger partial charge in [0.15, 0.2) is 0 Å². The third-order valence-electron chi connectivity index (χ3n) is 15.3. The van der Waals surface area contributed by atoms with Gasteiger partial charge in [0.25, 0.3) is 21.6 Å². The van der Waals surface area contributed by atoms with E-state index in [9.17, 15) is 28.1 Å². The van der Waals surface area contributed by atoms with Crippen LogP contribution in [0.2, 0.25) is 5.02 Å². The molecule has 2 unspecified atom stereocenters. The molecule has 2 fully saturated rings. The molecule has 9 rings (SSSR count). The van der Waals surface area contributed by atoms with E-state index in [1.54, 1.807) is 23.9 Å². The monoisotopic (exact) mass is 1120 g/mol. The molecule has 1 aromatic heterocycles. The largest absolute Gasteiger partial charge is 0.444 e. The number of carbonyl (C=O) groups excluding carboxylic acids is 2. The van der Waals surface area contributed by atoms with Gasteiger partial charge in [-0.05, 0) is 142 Å². The number of nitrogens with one attached hydrogen (secondary N) is 2. The number of sulfonamides is 1. The Labute approximate surface area is 468 Å². The number of ether oxygens (including phenoxy) is 1. The van der Waals surface area contributed by atoms with Gasteiger partial charge in [0.2, 0.25) is 0 Å². The second kappa shape index (κ2) is 25.0. The van der Waals surface area contributed by atoms with Gasteiger partial charge >= 0.3 is 6.09 Å². The van der Waals surface area contributed by atoms with Crippen LogP contribution in [0, 0.1) is 15.5 Å². The maximum Gasteiger partial charge on any atom is 0.410 e. The lowest BCUT2D eigenvalue weighted by molar-refractivity contribution is -0.384. The first kappa shape index (κ1) is 56.7. The number of thioether (sulfide) groups is 1. The summed E-state index contributed by atoms with van der Waals surface area (Å²) in [6, 6.07) is 32.6. The first-order chi connectivity index (χ1) is 37.3. The molecule has 5 aromatic rings. The minimum absolute atomic E-state index is 0.0706. The van der Waals surface area contributed by atoms with Crippen molar-refractivity contribution in [1.82, 2.24) is 29.3 Å². The molecule has 2 atom stereocenters. The molecule has 16 nitrogen and oxygen atoms in total. The number of benzene rings is 4. The van der Waals surface area contributed by atoms with Gasteiger partial charge in [-0.15, -0.1) is 11.8 Å². The summed E-state index contributed by atoms with van der Waals surface area (Å²) < 4.78 is 35.2. The van der Waals surface area contributed by atoms with Crippen molar-refractivity contribution in [2.75, 3.05) is 94.5 Å². The van der Waals surface area contributed by atoms with Crippen molar-refractivity contribution in [3.8, 4) is 0 Å². The van der Waals surface area contributed by atoms with Gasteiger partial charge in [0.05, 0.1) is 15.5 Å². The fourth-order valence-corrected chi connectivity index (χ4v) is 13.2. The van der Waals surface area contributed by atoms with Crippen LogP contribution in [0.5, 0.6) is 0 Å². The Morgan fingerprint density at radius 2 is 1.58 bits per heavy atom. The van der Waals surface area contributed by atoms with Crippen LogP contribution in [0.3, 0.4) is 0 Å². The Bertz CT molecular complexity index is 3050. The summed E-state index contributed by atoms with van der Waals surface area (Å²) in [4.78, 5) is 55.0. The number of nitrogens with zero attached hydrogens (tertiary/aromatic N) is 7. The zero-order valence-corrected chi connectivity index (χ0v) is 47.6. The average molecular weight is 1120 g/mol. The predicted molar refractivity (Wildman–Crippen MR) is 310 cm³/mol. The van der Waals surface area contributed by atoms with Gasteiger partial charge in [0, 0.05) is 130 Å². The number of aromatic nitrogens is 1. The molecule has 2 N–H and O–H groups in total. The summed E-state index contributed by atoms with van der Waals surface area (Å²) in [7, 11) is -4.50. The minimum atomic E-state index is -4.50. The number of piperazine rings is 2. The average Bonchev–Trinajstić information content (AvgIpc) is 3.42. The topological polar surface area (TPSA) is 174 Å². The van der Waals surface area contributed by atoms with E-state index in [1.807, 2.05) is 92.5 Å². The number of hydrogen-bond acceptors (Lipinski definition) is 14. The molecule has 4 aromatic carbocycles. The van der Waals surface area contributed by atoms with Gasteiger partial charge in [0.1, 0.15) is 11.3 Å². The Balaban J connectivity index is 0.799. The molecule has 0 radical (unpaired) electrons. The van der Waals surface area contributed by atoms with Crippen molar-refractivity contribution >= 4 is 68.0 Å². The highest BCUT2D eigenvalue weighted by Crippen LogP contribution is 2.44. The van der Waals surface area contributed by atoms with E-state index in [0.717, 1.165) is 120 Å². The Morgan fingerprint density at radius 1 is 0.859 bits per heavy atom. The lowest BCUT2D eigenvalue weighted by atomic mass is 9.71. The highest BCUT2D eigenvalue weighted by atomic mass is 35.5. The van der Waals surface area contributed by atoms with Crippen molar-refractivity contribution in [3.63, 3.8) is 0 Å². The Hall–Kier alpha value is -6.02. The van der Waals surface area contributed by atoms with E-state index >= 15 is 0 Å². The van der Waals surface area contributed by atoms with Gasteiger partial charge in [-0.2, -0.15) is 0 Å². The number of hydrogen-bond donors (Lipinski definition) is 2. The first-order valence-corrected chi connectivity index (χ1v) is 29.9. The van der Waals surface area contributed by atoms with Crippen molar-refractivity contribution in [1.29, 1.82) is 0 Å². The number of rotatable bonds is 18. The molecular formula is C59H72ClN9O7S2. The number of allylic oxidation sites excluding steroid dienone is 1. The van der Waals surface area contributed by atoms with E-state index in [0.29, 0.717) is 30.3 Å². The second-order valence-corrected chi connectivity index (χ2v) is 25.6. The maximum absolute atomic E-state index is 13.7. The normalized spacial score (nSPS) is 19.2. The van der Waals surface area contributed by atoms with Crippen molar-refractivity contribution in [2.45, 2.75) is 87.8 Å². The van der Waals surface area contributed by atoms with E-state index in [2.05, 4.69) is 59.7 Å². The van der Waals surface area contributed by atoms with E-state index < -0.39 is 32.1 Å². The highest BCUT2D eigenvalue weighted by Gasteiger charge is 2.36. The van der Waals surface area contributed by atoms with Crippen LogP contribution in [0.25, 0.3) is 5.57 Å². The lowest BCUT2D eigenvalue weighted by Crippen LogP contribution is -2.52. The molecule has 78 heavy (non-hydrogen) atoms. The fourth-order valence-electron chi connectivity index (χ4n) is 11.1. The van der Waals surface area contributed by atoms with Crippen LogP contribution in [-0.4, -0.2) is 146 Å². The summed E-state index contributed by atoms with van der Waals surface area (Å²) in [6.45, 7) is 18.4. The number of nitro groups is 1. The highest BCUT2D eigenvalue weighted by molar-refractivity contribution is 7.99. The zero-order chi connectivity index (χ0) is 55.0. The molecule has 4 heterocycles. The number of fused-ring (bicyclic) bond motifs is 1. The van der Waals surface area contributed by atoms with Crippen LogP contribution < -0.4 is 14.9 Å². The molecule has 414 valence electrons. The third kappa shape index (κ3) is 15.0. The number of halogens is 1. The van der Waals surface area contributed by atoms with Gasteiger partial charge in [-0.3, -0.25) is 34.6 Å². The molecule has 0 spiro atoms. The van der Waals surface area contributed by atoms with Crippen LogP contribution in [0.15, 0.2) is 131 Å². The quantitative estimate of drug-likeness (QED) is 0.0482. The summed E-state index contributed by atoms with van der Waals surface area (Å²) in [5.74, 6) is -0.223. The van der Waals surface area contributed by atoms with Gasteiger partial charge in [-0.1, -0.05) is 60.5 Å². The second-order valence-electron chi connectivity index (χ2n) is 22.4. The van der Waals surface area contributed by atoms with Gasteiger partial charge < -0.3 is 19.9 Å². The molecule has 19 heteroatoms. The van der Waals surface area contributed by atoms with E-state index in [1.165, 1.54) is 34.4 Å². The van der Waals surface area contributed by atoms with Crippen molar-refractivity contribution in [3.05, 3.63) is 158 Å². The standard InChI is InChI=1S/C59H72ClN9O7S2/c1-58(2,3)76-57(71)68-35-31-66(32-36-68)42-59(4)25-22-52(43-12-16-47(60)17-13-43)46(38-59)39-65-29-33-67(34-30-65)49-18-14-45(15-19-49)56(70)63-78(74,75)51-20-21-53(55(37-51)69(72)73)62-48(41-77-50-10-6-5-7-11-50)24-28-64-27-23-44-9-8-26-61-54(44)40-64/h5-21,26,37,48,62H,22-25,27-36,38-42H2,1-4H3,(H,63,70). The number of anilines is 2. The summed E-state index contributed by atoms with van der Waals surface area (Å²) in [5, 5.41) is 16.6. The first-order valence-electron chi connectivity index (χ1n) is 27.0. The number of carbonyl (C=O) groups is 2.